The molecule has 18 heavy (non-hydrogen) atoms. The Hall–Kier alpha value is -2.06. The molecule has 4 heteroatoms. The number of imidazole rings is 1. The van der Waals surface area contributed by atoms with Gasteiger partial charge in [-0.05, 0) is 19.9 Å². The van der Waals surface area contributed by atoms with Crippen LogP contribution < -0.4 is 4.74 Å². The molecule has 0 fully saturated rings. The summed E-state index contributed by atoms with van der Waals surface area (Å²) in [5.74, 6) is 3.26. The zero-order valence-electron chi connectivity index (χ0n) is 10.8. The summed E-state index contributed by atoms with van der Waals surface area (Å²) in [6.07, 6.45) is 7.45. The van der Waals surface area contributed by atoms with Gasteiger partial charge in [0.2, 0.25) is 5.88 Å². The second-order valence-electron chi connectivity index (χ2n) is 4.13. The van der Waals surface area contributed by atoms with Crippen LogP contribution in [-0.4, -0.2) is 22.1 Å². The molecule has 0 amide bonds. The van der Waals surface area contributed by atoms with Gasteiger partial charge in [-0.1, -0.05) is 18.2 Å². The summed E-state index contributed by atoms with van der Waals surface area (Å²) in [6, 6.07) is 0. The van der Waals surface area contributed by atoms with Crippen molar-refractivity contribution in [2.24, 2.45) is 7.05 Å². The highest BCUT2D eigenvalue weighted by Gasteiger charge is 2.23. The summed E-state index contributed by atoms with van der Waals surface area (Å²) >= 11 is 0. The molecule has 0 spiro atoms. The first-order chi connectivity index (χ1) is 8.69. The molecule has 1 aliphatic carbocycles. The number of hydrogen-bond acceptors (Lipinski definition) is 3. The van der Waals surface area contributed by atoms with Gasteiger partial charge in [0, 0.05) is 7.05 Å². The van der Waals surface area contributed by atoms with Gasteiger partial charge in [0.1, 0.15) is 11.8 Å². The first-order valence-corrected chi connectivity index (χ1v) is 5.95. The quantitative estimate of drug-likeness (QED) is 0.765. The largest absolute Gasteiger partial charge is 0.477 e. The van der Waals surface area contributed by atoms with Crippen molar-refractivity contribution in [2.75, 3.05) is 6.61 Å². The average Bonchev–Trinajstić information content (AvgIpc) is 2.67. The van der Waals surface area contributed by atoms with Crippen LogP contribution >= 0.6 is 0 Å². The first kappa shape index (κ1) is 12.4. The minimum atomic E-state index is -0.148. The van der Waals surface area contributed by atoms with E-state index in [1.807, 2.05) is 49.6 Å². The van der Waals surface area contributed by atoms with Crippen molar-refractivity contribution in [2.45, 2.75) is 19.8 Å². The van der Waals surface area contributed by atoms with Crippen LogP contribution in [0.5, 0.6) is 5.88 Å². The minimum Gasteiger partial charge on any atom is -0.477 e. The molecule has 2 rings (SSSR count). The lowest BCUT2D eigenvalue weighted by molar-refractivity contribution is 0.325. The predicted molar refractivity (Wildman–Crippen MR) is 69.3 cm³/mol. The van der Waals surface area contributed by atoms with Crippen LogP contribution in [0.2, 0.25) is 0 Å². The summed E-state index contributed by atoms with van der Waals surface area (Å²) in [4.78, 5) is 15.4. The highest BCUT2D eigenvalue weighted by atomic mass is 16.5. The van der Waals surface area contributed by atoms with E-state index in [9.17, 15) is 4.79 Å². The SMILES string of the molecule is CCOc1nc(C2C=CC=CC2=C=O)n(C)c1C. The van der Waals surface area contributed by atoms with Crippen LogP contribution in [0.3, 0.4) is 0 Å². The van der Waals surface area contributed by atoms with Gasteiger partial charge in [-0.25, -0.2) is 4.79 Å². The van der Waals surface area contributed by atoms with Crippen molar-refractivity contribution in [3.05, 3.63) is 41.4 Å². The van der Waals surface area contributed by atoms with E-state index in [0.717, 1.165) is 11.5 Å². The molecule has 0 saturated heterocycles. The van der Waals surface area contributed by atoms with Crippen LogP contribution in [0.4, 0.5) is 0 Å². The second-order valence-corrected chi connectivity index (χ2v) is 4.13. The Morgan fingerprint density at radius 2 is 2.28 bits per heavy atom. The molecule has 1 aliphatic rings. The fourth-order valence-corrected chi connectivity index (χ4v) is 1.99. The number of aromatic nitrogens is 2. The number of allylic oxidation sites excluding steroid dienone is 5. The normalized spacial score (nSPS) is 17.9. The molecular formula is C14H16N2O2. The predicted octanol–water partition coefficient (Wildman–Crippen LogP) is 2.09. The average molecular weight is 244 g/mol. The van der Waals surface area contributed by atoms with Gasteiger partial charge in [0.15, 0.2) is 0 Å². The zero-order valence-corrected chi connectivity index (χ0v) is 10.8. The molecule has 0 N–H and O–H groups in total. The zero-order chi connectivity index (χ0) is 13.1. The Labute approximate surface area is 106 Å². The lowest BCUT2D eigenvalue weighted by atomic mass is 9.95. The lowest BCUT2D eigenvalue weighted by Gasteiger charge is -2.13. The van der Waals surface area contributed by atoms with E-state index >= 15 is 0 Å². The minimum absolute atomic E-state index is 0.148. The van der Waals surface area contributed by atoms with Crippen molar-refractivity contribution in [1.82, 2.24) is 9.55 Å². The second kappa shape index (κ2) is 5.07. The van der Waals surface area contributed by atoms with E-state index in [4.69, 9.17) is 4.74 Å². The summed E-state index contributed by atoms with van der Waals surface area (Å²) < 4.78 is 7.43. The van der Waals surface area contributed by atoms with Gasteiger partial charge < -0.3 is 9.30 Å². The molecule has 0 aromatic carbocycles. The number of ether oxygens (including phenoxy) is 1. The Bertz CT molecular complexity index is 561. The van der Waals surface area contributed by atoms with Gasteiger partial charge in [0.25, 0.3) is 0 Å². The van der Waals surface area contributed by atoms with Crippen LogP contribution in [0, 0.1) is 6.92 Å². The Kier molecular flexibility index (Phi) is 3.49. The van der Waals surface area contributed by atoms with Crippen LogP contribution in [0.1, 0.15) is 24.4 Å². The van der Waals surface area contributed by atoms with Gasteiger partial charge in [0.05, 0.1) is 23.8 Å². The van der Waals surface area contributed by atoms with Crippen LogP contribution in [-0.2, 0) is 11.8 Å². The van der Waals surface area contributed by atoms with Crippen LogP contribution in [0.25, 0.3) is 0 Å². The van der Waals surface area contributed by atoms with Gasteiger partial charge in [-0.3, -0.25) is 0 Å². The molecule has 1 heterocycles. The first-order valence-electron chi connectivity index (χ1n) is 5.95. The third-order valence-corrected chi connectivity index (χ3v) is 3.07. The Morgan fingerprint density at radius 3 is 2.94 bits per heavy atom. The van der Waals surface area contributed by atoms with E-state index in [0.29, 0.717) is 18.1 Å². The van der Waals surface area contributed by atoms with Crippen molar-refractivity contribution in [3.63, 3.8) is 0 Å². The Balaban J connectivity index is 2.45. The lowest BCUT2D eigenvalue weighted by Crippen LogP contribution is -2.08. The molecule has 0 saturated carbocycles. The van der Waals surface area contributed by atoms with E-state index in [2.05, 4.69) is 4.98 Å². The van der Waals surface area contributed by atoms with Gasteiger partial charge in [-0.2, -0.15) is 4.98 Å². The van der Waals surface area contributed by atoms with E-state index in [1.165, 1.54) is 0 Å². The monoisotopic (exact) mass is 244 g/mol. The van der Waals surface area contributed by atoms with E-state index < -0.39 is 0 Å². The van der Waals surface area contributed by atoms with Gasteiger partial charge in [-0.15, -0.1) is 0 Å². The molecule has 1 unspecified atom stereocenters. The van der Waals surface area contributed by atoms with Gasteiger partial charge >= 0.3 is 0 Å². The van der Waals surface area contributed by atoms with E-state index in [-0.39, 0.29) is 5.92 Å². The fourth-order valence-electron chi connectivity index (χ4n) is 1.99. The third-order valence-electron chi connectivity index (χ3n) is 3.07. The van der Waals surface area contributed by atoms with Crippen molar-refractivity contribution in [3.8, 4) is 5.88 Å². The summed E-state index contributed by atoms with van der Waals surface area (Å²) in [6.45, 7) is 4.45. The maximum absolute atomic E-state index is 11.0. The molecule has 4 nitrogen and oxygen atoms in total. The van der Waals surface area contributed by atoms with E-state index in [1.54, 1.807) is 6.08 Å². The standard InChI is InChI=1S/C14H16N2O2/c1-4-18-14-10(2)16(3)13(15-14)12-8-6-5-7-11(12)9-17/h5-8,12H,4H2,1-3H3. The number of hydrogen-bond donors (Lipinski definition) is 0. The topological polar surface area (TPSA) is 44.1 Å². The number of rotatable bonds is 3. The molecule has 1 atom stereocenters. The summed E-state index contributed by atoms with van der Waals surface area (Å²) in [5, 5.41) is 0. The van der Waals surface area contributed by atoms with Crippen molar-refractivity contribution in [1.29, 1.82) is 0 Å². The number of carbonyl (C=O) groups excluding carboxylic acids is 1. The maximum atomic E-state index is 11.0. The van der Waals surface area contributed by atoms with Crippen molar-refractivity contribution >= 4 is 5.94 Å². The fraction of sp³-hybridized carbons (Fsp3) is 0.357. The highest BCUT2D eigenvalue weighted by molar-refractivity contribution is 5.63. The molecule has 1 aromatic heterocycles. The molecule has 0 radical (unpaired) electrons. The summed E-state index contributed by atoms with van der Waals surface area (Å²) in [5.41, 5.74) is 1.55. The van der Waals surface area contributed by atoms with Crippen molar-refractivity contribution < 1.29 is 9.53 Å². The third kappa shape index (κ3) is 2.03. The number of nitrogens with zero attached hydrogens (tertiary/aromatic N) is 2. The molecule has 0 bridgehead atoms. The molecule has 0 aliphatic heterocycles. The summed E-state index contributed by atoms with van der Waals surface area (Å²) in [7, 11) is 1.93. The molecular weight excluding hydrogens is 228 g/mol. The van der Waals surface area contributed by atoms with Crippen LogP contribution in [0.15, 0.2) is 29.9 Å². The highest BCUT2D eigenvalue weighted by Crippen LogP contribution is 2.30. The Morgan fingerprint density at radius 1 is 1.50 bits per heavy atom. The maximum Gasteiger partial charge on any atom is 0.234 e. The smallest absolute Gasteiger partial charge is 0.234 e. The molecule has 1 aromatic rings. The molecule has 94 valence electrons.